The number of nitrogens with one attached hydrogen (secondary N) is 1. The number of hydrogen-bond donors (Lipinski definition) is 1. The van der Waals surface area contributed by atoms with E-state index >= 15 is 0 Å². The highest BCUT2D eigenvalue weighted by molar-refractivity contribution is 5.93. The molecule has 0 aliphatic rings. The third-order valence-electron chi connectivity index (χ3n) is 3.81. The van der Waals surface area contributed by atoms with Crippen LogP contribution in [0.5, 0.6) is 11.5 Å². The zero-order chi connectivity index (χ0) is 21.6. The molecule has 0 saturated heterocycles. The van der Waals surface area contributed by atoms with Crippen LogP contribution in [-0.2, 0) is 14.3 Å². The van der Waals surface area contributed by atoms with Crippen LogP contribution in [0.15, 0.2) is 66.7 Å². The second-order valence-corrected chi connectivity index (χ2v) is 6.08. The summed E-state index contributed by atoms with van der Waals surface area (Å²) in [6, 6.07) is 17.6. The second kappa shape index (κ2) is 9.17. The molecule has 3 rings (SSSR count). The summed E-state index contributed by atoms with van der Waals surface area (Å²) in [7, 11) is 0. The zero-order valence-corrected chi connectivity index (χ0v) is 15.4. The van der Waals surface area contributed by atoms with Gasteiger partial charge in [-0.15, -0.1) is 13.2 Å². The molecule has 1 N–H and O–H groups in total. The van der Waals surface area contributed by atoms with E-state index in [4.69, 9.17) is 9.47 Å². The van der Waals surface area contributed by atoms with E-state index in [-0.39, 0.29) is 12.3 Å². The Kier molecular flexibility index (Phi) is 6.41. The second-order valence-electron chi connectivity index (χ2n) is 6.08. The number of anilines is 1. The van der Waals surface area contributed by atoms with Gasteiger partial charge in [-0.1, -0.05) is 30.3 Å². The van der Waals surface area contributed by atoms with E-state index in [9.17, 15) is 22.8 Å². The average Bonchev–Trinajstić information content (AvgIpc) is 2.71. The van der Waals surface area contributed by atoms with Crippen molar-refractivity contribution in [3.8, 4) is 11.5 Å². The summed E-state index contributed by atoms with van der Waals surface area (Å²) in [5.41, 5.74) is 0.220. The van der Waals surface area contributed by atoms with E-state index in [1.165, 1.54) is 12.1 Å². The molecule has 0 aliphatic carbocycles. The summed E-state index contributed by atoms with van der Waals surface area (Å²) < 4.78 is 50.3. The van der Waals surface area contributed by atoms with Gasteiger partial charge in [-0.3, -0.25) is 4.79 Å². The van der Waals surface area contributed by atoms with Crippen molar-refractivity contribution in [2.75, 3.05) is 18.5 Å². The minimum Gasteiger partial charge on any atom is -0.482 e. The molecule has 0 heterocycles. The summed E-state index contributed by atoms with van der Waals surface area (Å²) in [4.78, 5) is 23.6. The SMILES string of the molecule is O=C(COC(=O)COc1ccc2ccccc2c1)Nc1ccc(OC(F)(F)F)cc1. The minimum absolute atomic E-state index is 0.220. The normalized spacial score (nSPS) is 11.0. The molecule has 0 fully saturated rings. The van der Waals surface area contributed by atoms with E-state index in [0.717, 1.165) is 22.9 Å². The topological polar surface area (TPSA) is 73.9 Å². The van der Waals surface area contributed by atoms with E-state index in [1.807, 2.05) is 30.3 Å². The van der Waals surface area contributed by atoms with Crippen LogP contribution in [0.3, 0.4) is 0 Å². The van der Waals surface area contributed by atoms with E-state index in [0.29, 0.717) is 5.75 Å². The fraction of sp³-hybridized carbons (Fsp3) is 0.143. The van der Waals surface area contributed by atoms with Gasteiger partial charge in [0, 0.05) is 5.69 Å². The van der Waals surface area contributed by atoms with Crippen molar-refractivity contribution in [2.24, 2.45) is 0 Å². The van der Waals surface area contributed by atoms with Gasteiger partial charge in [0.15, 0.2) is 13.2 Å². The maximum atomic E-state index is 12.1. The van der Waals surface area contributed by atoms with Gasteiger partial charge in [0.1, 0.15) is 11.5 Å². The summed E-state index contributed by atoms with van der Waals surface area (Å²) in [6.45, 7) is -0.949. The van der Waals surface area contributed by atoms with Crippen LogP contribution in [0.2, 0.25) is 0 Å². The monoisotopic (exact) mass is 419 g/mol. The number of esters is 1. The van der Waals surface area contributed by atoms with E-state index < -0.39 is 30.6 Å². The Morgan fingerprint density at radius 1 is 0.833 bits per heavy atom. The number of fused-ring (bicyclic) bond motifs is 1. The Labute approximate surface area is 169 Å². The third kappa shape index (κ3) is 6.40. The van der Waals surface area contributed by atoms with Gasteiger partial charge in [-0.2, -0.15) is 0 Å². The molecule has 0 aromatic heterocycles. The maximum absolute atomic E-state index is 12.1. The Morgan fingerprint density at radius 2 is 1.50 bits per heavy atom. The number of rotatable bonds is 7. The van der Waals surface area contributed by atoms with Crippen LogP contribution in [0.4, 0.5) is 18.9 Å². The lowest BCUT2D eigenvalue weighted by Gasteiger charge is -2.10. The molecule has 9 heteroatoms. The van der Waals surface area contributed by atoms with E-state index in [1.54, 1.807) is 12.1 Å². The van der Waals surface area contributed by atoms with Gasteiger partial charge < -0.3 is 19.5 Å². The fourth-order valence-corrected chi connectivity index (χ4v) is 2.52. The van der Waals surface area contributed by atoms with Crippen LogP contribution in [-0.4, -0.2) is 31.5 Å². The highest BCUT2D eigenvalue weighted by atomic mass is 19.4. The highest BCUT2D eigenvalue weighted by Gasteiger charge is 2.30. The molecule has 0 bridgehead atoms. The number of alkyl halides is 3. The Bertz CT molecular complexity index is 1030. The summed E-state index contributed by atoms with van der Waals surface area (Å²) in [6.07, 6.45) is -4.80. The molecule has 3 aromatic rings. The van der Waals surface area contributed by atoms with Gasteiger partial charge in [0.2, 0.25) is 0 Å². The van der Waals surface area contributed by atoms with Crippen LogP contribution in [0.25, 0.3) is 10.8 Å². The maximum Gasteiger partial charge on any atom is 0.573 e. The molecule has 156 valence electrons. The Hall–Kier alpha value is -3.75. The number of carbonyl (C=O) groups is 2. The van der Waals surface area contributed by atoms with Crippen LogP contribution in [0, 0.1) is 0 Å². The number of hydrogen-bond acceptors (Lipinski definition) is 5. The highest BCUT2D eigenvalue weighted by Crippen LogP contribution is 2.24. The first kappa shape index (κ1) is 21.0. The first-order valence-electron chi connectivity index (χ1n) is 8.71. The molecular formula is C21H16F3NO5. The molecule has 1 amide bonds. The van der Waals surface area contributed by atoms with Crippen molar-refractivity contribution < 1.29 is 37.0 Å². The van der Waals surface area contributed by atoms with Gasteiger partial charge >= 0.3 is 12.3 Å². The smallest absolute Gasteiger partial charge is 0.482 e. The first-order chi connectivity index (χ1) is 14.3. The molecule has 0 saturated carbocycles. The fourth-order valence-electron chi connectivity index (χ4n) is 2.52. The van der Waals surface area contributed by atoms with Crippen LogP contribution >= 0.6 is 0 Å². The number of halogens is 3. The standard InChI is InChI=1S/C21H16F3NO5/c22-21(23,24)30-17-9-6-16(7-10-17)25-19(26)12-29-20(27)13-28-18-8-5-14-3-1-2-4-15(14)11-18/h1-11H,12-13H2,(H,25,26). The summed E-state index contributed by atoms with van der Waals surface area (Å²) in [5, 5.41) is 4.37. The summed E-state index contributed by atoms with van der Waals surface area (Å²) in [5.74, 6) is -1.33. The van der Waals surface area contributed by atoms with Gasteiger partial charge in [0.05, 0.1) is 0 Å². The third-order valence-corrected chi connectivity index (χ3v) is 3.81. The predicted molar refractivity (Wildman–Crippen MR) is 102 cm³/mol. The van der Waals surface area contributed by atoms with Crippen LogP contribution < -0.4 is 14.8 Å². The Balaban J connectivity index is 1.42. The molecule has 3 aromatic carbocycles. The number of ether oxygens (including phenoxy) is 3. The van der Waals surface area contributed by atoms with Crippen LogP contribution in [0.1, 0.15) is 0 Å². The molecule has 0 radical (unpaired) electrons. The zero-order valence-electron chi connectivity index (χ0n) is 15.4. The van der Waals surface area contributed by atoms with Crippen molar-refractivity contribution >= 4 is 28.3 Å². The van der Waals surface area contributed by atoms with Crippen molar-refractivity contribution in [3.05, 3.63) is 66.7 Å². The van der Waals surface area contributed by atoms with Gasteiger partial charge in [-0.05, 0) is 47.2 Å². The number of amides is 1. The van der Waals surface area contributed by atoms with Crippen molar-refractivity contribution in [1.82, 2.24) is 0 Å². The van der Waals surface area contributed by atoms with Crippen molar-refractivity contribution in [1.29, 1.82) is 0 Å². The van der Waals surface area contributed by atoms with Gasteiger partial charge in [-0.25, -0.2) is 4.79 Å². The van der Waals surface area contributed by atoms with E-state index in [2.05, 4.69) is 10.1 Å². The number of benzene rings is 3. The lowest BCUT2D eigenvalue weighted by molar-refractivity contribution is -0.274. The first-order valence-corrected chi connectivity index (χ1v) is 8.71. The van der Waals surface area contributed by atoms with Crippen molar-refractivity contribution in [2.45, 2.75) is 6.36 Å². The van der Waals surface area contributed by atoms with Gasteiger partial charge in [0.25, 0.3) is 5.91 Å². The lowest BCUT2D eigenvalue weighted by atomic mass is 10.1. The Morgan fingerprint density at radius 3 is 2.20 bits per heavy atom. The molecule has 30 heavy (non-hydrogen) atoms. The largest absolute Gasteiger partial charge is 0.573 e. The molecular weight excluding hydrogens is 403 g/mol. The minimum atomic E-state index is -4.80. The molecule has 0 spiro atoms. The van der Waals surface area contributed by atoms with Crippen molar-refractivity contribution in [3.63, 3.8) is 0 Å². The molecule has 0 aliphatic heterocycles. The lowest BCUT2D eigenvalue weighted by Crippen LogP contribution is -2.23. The molecule has 0 unspecified atom stereocenters. The number of carbonyl (C=O) groups excluding carboxylic acids is 2. The molecule has 0 atom stereocenters. The summed E-state index contributed by atoms with van der Waals surface area (Å²) >= 11 is 0. The predicted octanol–water partition coefficient (Wildman–Crippen LogP) is 4.30. The average molecular weight is 419 g/mol. The molecule has 6 nitrogen and oxygen atoms in total. The quantitative estimate of drug-likeness (QED) is 0.578.